The zero-order valence-electron chi connectivity index (χ0n) is 10.7. The molecule has 7 heteroatoms. The van der Waals surface area contributed by atoms with E-state index in [-0.39, 0.29) is 17.1 Å². The fraction of sp³-hybridized carbons (Fsp3) is 0.0714. The molecule has 5 nitrogen and oxygen atoms in total. The second kappa shape index (κ2) is 6.69. The second-order valence-electron chi connectivity index (χ2n) is 4.20. The fourth-order valence-corrected chi connectivity index (χ4v) is 2.48. The Morgan fingerprint density at radius 1 is 1.29 bits per heavy atom. The van der Waals surface area contributed by atoms with Crippen molar-refractivity contribution >= 4 is 44.8 Å². The highest BCUT2D eigenvalue weighted by Crippen LogP contribution is 2.23. The first-order chi connectivity index (χ1) is 10.0. The Morgan fingerprint density at radius 3 is 2.67 bits per heavy atom. The number of anilines is 1. The van der Waals surface area contributed by atoms with Crippen LogP contribution < -0.4 is 5.32 Å². The Kier molecular flexibility index (Phi) is 4.93. The van der Waals surface area contributed by atoms with E-state index < -0.39 is 10.8 Å². The summed E-state index contributed by atoms with van der Waals surface area (Å²) in [7, 11) is 0. The van der Waals surface area contributed by atoms with Crippen molar-refractivity contribution < 1.29 is 9.72 Å². The van der Waals surface area contributed by atoms with Gasteiger partial charge in [-0.3, -0.25) is 14.9 Å². The molecule has 2 aromatic carbocycles. The summed E-state index contributed by atoms with van der Waals surface area (Å²) in [4.78, 5) is 22.5. The molecule has 0 spiro atoms. The van der Waals surface area contributed by atoms with Gasteiger partial charge in [0, 0.05) is 33.7 Å². The average molecular weight is 370 g/mol. The first-order valence-corrected chi connectivity index (χ1v) is 7.24. The van der Waals surface area contributed by atoms with Crippen LogP contribution in [0.5, 0.6) is 0 Å². The SMILES string of the molecule is O=C(Nc1ccccc1CCl)c1cc(Br)cc([N+](=O)[O-])c1. The smallest absolute Gasteiger partial charge is 0.271 e. The van der Waals surface area contributed by atoms with E-state index in [0.29, 0.717) is 10.2 Å². The molecule has 21 heavy (non-hydrogen) atoms. The van der Waals surface area contributed by atoms with Crippen LogP contribution in [-0.2, 0) is 5.88 Å². The first kappa shape index (κ1) is 15.5. The molecule has 0 aliphatic carbocycles. The van der Waals surface area contributed by atoms with Crippen LogP contribution in [0.25, 0.3) is 0 Å². The molecule has 0 aliphatic heterocycles. The van der Waals surface area contributed by atoms with Crippen LogP contribution in [0.2, 0.25) is 0 Å². The number of nitro groups is 1. The number of nitrogens with zero attached hydrogens (tertiary/aromatic N) is 1. The van der Waals surface area contributed by atoms with Crippen molar-refractivity contribution in [3.8, 4) is 0 Å². The number of nitrogens with one attached hydrogen (secondary N) is 1. The molecule has 0 saturated heterocycles. The topological polar surface area (TPSA) is 72.2 Å². The van der Waals surface area contributed by atoms with Gasteiger partial charge in [0.15, 0.2) is 0 Å². The summed E-state index contributed by atoms with van der Waals surface area (Å²) in [6.07, 6.45) is 0. The number of alkyl halides is 1. The number of hydrogen-bond donors (Lipinski definition) is 1. The zero-order chi connectivity index (χ0) is 15.4. The van der Waals surface area contributed by atoms with Crippen molar-refractivity contribution in [1.29, 1.82) is 0 Å². The van der Waals surface area contributed by atoms with Crippen molar-refractivity contribution in [3.05, 3.63) is 68.2 Å². The van der Waals surface area contributed by atoms with Gasteiger partial charge in [-0.05, 0) is 17.7 Å². The molecule has 0 radical (unpaired) electrons. The third-order valence-electron chi connectivity index (χ3n) is 2.77. The number of amides is 1. The van der Waals surface area contributed by atoms with Crippen LogP contribution in [0.4, 0.5) is 11.4 Å². The first-order valence-electron chi connectivity index (χ1n) is 5.91. The molecule has 0 aromatic heterocycles. The largest absolute Gasteiger partial charge is 0.322 e. The maximum Gasteiger partial charge on any atom is 0.271 e. The number of nitro benzene ring substituents is 1. The number of carbonyl (C=O) groups excluding carboxylic acids is 1. The van der Waals surface area contributed by atoms with Crippen LogP contribution in [0, 0.1) is 10.1 Å². The van der Waals surface area contributed by atoms with E-state index in [1.54, 1.807) is 18.2 Å². The minimum Gasteiger partial charge on any atom is -0.322 e. The van der Waals surface area contributed by atoms with Crippen molar-refractivity contribution in [2.24, 2.45) is 0 Å². The van der Waals surface area contributed by atoms with E-state index in [1.807, 2.05) is 6.07 Å². The quantitative estimate of drug-likeness (QED) is 0.495. The molecule has 0 unspecified atom stereocenters. The molecule has 0 atom stereocenters. The van der Waals surface area contributed by atoms with E-state index in [2.05, 4.69) is 21.2 Å². The van der Waals surface area contributed by atoms with Gasteiger partial charge in [-0.2, -0.15) is 0 Å². The molecule has 0 heterocycles. The Balaban J connectivity index is 2.30. The Morgan fingerprint density at radius 2 is 2.00 bits per heavy atom. The highest BCUT2D eigenvalue weighted by molar-refractivity contribution is 9.10. The van der Waals surface area contributed by atoms with E-state index >= 15 is 0 Å². The lowest BCUT2D eigenvalue weighted by Crippen LogP contribution is -2.13. The van der Waals surface area contributed by atoms with Gasteiger partial charge in [0.2, 0.25) is 0 Å². The highest BCUT2D eigenvalue weighted by Gasteiger charge is 2.14. The molecule has 108 valence electrons. The maximum absolute atomic E-state index is 12.2. The lowest BCUT2D eigenvalue weighted by Gasteiger charge is -2.09. The van der Waals surface area contributed by atoms with Gasteiger partial charge in [-0.15, -0.1) is 11.6 Å². The summed E-state index contributed by atoms with van der Waals surface area (Å²) in [5.74, 6) is -0.174. The third-order valence-corrected chi connectivity index (χ3v) is 3.51. The summed E-state index contributed by atoms with van der Waals surface area (Å²) in [5, 5.41) is 13.5. The summed E-state index contributed by atoms with van der Waals surface area (Å²) < 4.78 is 0.465. The van der Waals surface area contributed by atoms with Crippen LogP contribution in [0.15, 0.2) is 46.9 Å². The molecule has 0 bridgehead atoms. The molecule has 1 amide bonds. The van der Waals surface area contributed by atoms with Gasteiger partial charge in [0.1, 0.15) is 0 Å². The Bertz CT molecular complexity index is 706. The molecule has 0 aliphatic rings. The minimum absolute atomic E-state index is 0.153. The summed E-state index contributed by atoms with van der Waals surface area (Å²) in [5.41, 5.74) is 1.40. The number of carbonyl (C=O) groups is 1. The molecule has 2 rings (SSSR count). The van der Waals surface area contributed by atoms with Gasteiger partial charge in [0.25, 0.3) is 11.6 Å². The summed E-state index contributed by atoms with van der Waals surface area (Å²) in [6, 6.07) is 11.2. The van der Waals surface area contributed by atoms with Gasteiger partial charge >= 0.3 is 0 Å². The van der Waals surface area contributed by atoms with Crippen molar-refractivity contribution in [1.82, 2.24) is 0 Å². The van der Waals surface area contributed by atoms with E-state index in [0.717, 1.165) is 5.56 Å². The number of hydrogen-bond acceptors (Lipinski definition) is 3. The van der Waals surface area contributed by atoms with Crippen LogP contribution >= 0.6 is 27.5 Å². The average Bonchev–Trinajstić information content (AvgIpc) is 2.47. The van der Waals surface area contributed by atoms with Crippen molar-refractivity contribution in [3.63, 3.8) is 0 Å². The summed E-state index contributed by atoms with van der Waals surface area (Å²) >= 11 is 8.96. The Labute approximate surface area is 134 Å². The predicted molar refractivity (Wildman–Crippen MR) is 84.7 cm³/mol. The highest BCUT2D eigenvalue weighted by atomic mass is 79.9. The molecular weight excluding hydrogens is 360 g/mol. The molecule has 0 saturated carbocycles. The maximum atomic E-state index is 12.2. The summed E-state index contributed by atoms with van der Waals surface area (Å²) in [6.45, 7) is 0. The number of non-ortho nitro benzene ring substituents is 1. The van der Waals surface area contributed by atoms with Crippen molar-refractivity contribution in [2.45, 2.75) is 5.88 Å². The van der Waals surface area contributed by atoms with Gasteiger partial charge in [-0.1, -0.05) is 34.1 Å². The lowest BCUT2D eigenvalue weighted by molar-refractivity contribution is -0.384. The standard InChI is InChI=1S/C14H10BrClN2O3/c15-11-5-10(6-12(7-11)18(20)21)14(19)17-13-4-2-1-3-9(13)8-16/h1-7H,8H2,(H,17,19). The van der Waals surface area contributed by atoms with Crippen LogP contribution in [-0.4, -0.2) is 10.8 Å². The minimum atomic E-state index is -0.547. The fourth-order valence-electron chi connectivity index (χ4n) is 1.76. The normalized spacial score (nSPS) is 10.2. The lowest BCUT2D eigenvalue weighted by atomic mass is 10.1. The van der Waals surface area contributed by atoms with E-state index in [4.69, 9.17) is 11.6 Å². The van der Waals surface area contributed by atoms with Gasteiger partial charge in [0.05, 0.1) is 4.92 Å². The number of rotatable bonds is 4. The van der Waals surface area contributed by atoms with E-state index in [1.165, 1.54) is 18.2 Å². The van der Waals surface area contributed by atoms with Gasteiger partial charge < -0.3 is 5.32 Å². The number of para-hydroxylation sites is 1. The monoisotopic (exact) mass is 368 g/mol. The number of halogens is 2. The molecule has 1 N–H and O–H groups in total. The van der Waals surface area contributed by atoms with E-state index in [9.17, 15) is 14.9 Å². The number of benzene rings is 2. The third kappa shape index (κ3) is 3.80. The second-order valence-corrected chi connectivity index (χ2v) is 5.38. The van der Waals surface area contributed by atoms with Crippen LogP contribution in [0.1, 0.15) is 15.9 Å². The molecule has 0 fully saturated rings. The van der Waals surface area contributed by atoms with Gasteiger partial charge in [-0.25, -0.2) is 0 Å². The molecule has 2 aromatic rings. The van der Waals surface area contributed by atoms with Crippen LogP contribution in [0.3, 0.4) is 0 Å². The Hall–Kier alpha value is -1.92. The van der Waals surface area contributed by atoms with Crippen molar-refractivity contribution in [2.75, 3.05) is 5.32 Å². The predicted octanol–water partition coefficient (Wildman–Crippen LogP) is 4.35. The molecular formula is C14H10BrClN2O3. The zero-order valence-corrected chi connectivity index (χ0v) is 13.0.